The van der Waals surface area contributed by atoms with Gasteiger partial charge in [-0.15, -0.1) is 0 Å². The molecule has 0 aliphatic heterocycles. The molecule has 0 saturated carbocycles. The Labute approximate surface area is 106 Å². The van der Waals surface area contributed by atoms with Crippen molar-refractivity contribution in [2.24, 2.45) is 0 Å². The highest BCUT2D eigenvalue weighted by atomic mass is 32.2. The molecule has 0 aliphatic rings. The van der Waals surface area contributed by atoms with E-state index in [0.717, 1.165) is 0 Å². The van der Waals surface area contributed by atoms with Crippen LogP contribution in [0, 0.1) is 6.92 Å². The van der Waals surface area contributed by atoms with Gasteiger partial charge in [0.2, 0.25) is 9.84 Å². The maximum absolute atomic E-state index is 12.4. The molecular formula is C13H13NO3S. The lowest BCUT2D eigenvalue weighted by Gasteiger charge is -2.10. The number of hydrogen-bond acceptors (Lipinski definition) is 4. The van der Waals surface area contributed by atoms with Crippen LogP contribution in [0.15, 0.2) is 52.3 Å². The molecular weight excluding hydrogens is 250 g/mol. The lowest BCUT2D eigenvalue weighted by Crippen LogP contribution is -2.06. The van der Waals surface area contributed by atoms with Crippen LogP contribution < -0.4 is 5.73 Å². The first-order valence-electron chi connectivity index (χ1n) is 5.32. The Morgan fingerprint density at radius 1 is 1.06 bits per heavy atom. The van der Waals surface area contributed by atoms with Crippen LogP contribution in [-0.2, 0) is 9.84 Å². The number of sulfone groups is 1. The third-order valence-electron chi connectivity index (χ3n) is 2.67. The van der Waals surface area contributed by atoms with Gasteiger partial charge < -0.3 is 10.8 Å². The summed E-state index contributed by atoms with van der Waals surface area (Å²) in [7, 11) is -3.65. The molecule has 0 atom stereocenters. The van der Waals surface area contributed by atoms with Crippen molar-refractivity contribution in [1.29, 1.82) is 0 Å². The van der Waals surface area contributed by atoms with Crippen LogP contribution in [0.25, 0.3) is 0 Å². The lowest BCUT2D eigenvalue weighted by atomic mass is 10.2. The highest BCUT2D eigenvalue weighted by Crippen LogP contribution is 2.29. The fourth-order valence-electron chi connectivity index (χ4n) is 1.76. The van der Waals surface area contributed by atoms with E-state index in [1.54, 1.807) is 25.1 Å². The molecule has 0 aliphatic carbocycles. The van der Waals surface area contributed by atoms with Gasteiger partial charge in [0, 0.05) is 6.07 Å². The van der Waals surface area contributed by atoms with Gasteiger partial charge in [0.05, 0.1) is 15.5 Å². The minimum atomic E-state index is -3.65. The molecule has 0 bridgehead atoms. The Bertz CT molecular complexity index is 693. The molecule has 94 valence electrons. The Balaban J connectivity index is 2.66. The number of hydrogen-bond donors (Lipinski definition) is 2. The van der Waals surface area contributed by atoms with Gasteiger partial charge in [-0.1, -0.05) is 18.2 Å². The van der Waals surface area contributed by atoms with Crippen LogP contribution in [0.5, 0.6) is 5.75 Å². The minimum absolute atomic E-state index is 0.00889. The molecule has 0 radical (unpaired) electrons. The van der Waals surface area contributed by atoms with E-state index in [2.05, 4.69) is 0 Å². The smallest absolute Gasteiger partial charge is 0.208 e. The number of aromatic hydroxyl groups is 1. The average molecular weight is 263 g/mol. The van der Waals surface area contributed by atoms with Crippen molar-refractivity contribution in [2.45, 2.75) is 16.7 Å². The van der Waals surface area contributed by atoms with E-state index >= 15 is 0 Å². The lowest BCUT2D eigenvalue weighted by molar-refractivity contribution is 0.475. The van der Waals surface area contributed by atoms with E-state index in [9.17, 15) is 13.5 Å². The average Bonchev–Trinajstić information content (AvgIpc) is 2.28. The van der Waals surface area contributed by atoms with Crippen molar-refractivity contribution >= 4 is 15.5 Å². The summed E-state index contributed by atoms with van der Waals surface area (Å²) in [5.74, 6) is -0.0590. The number of aryl methyl sites for hydroxylation is 1. The Hall–Kier alpha value is -2.01. The summed E-state index contributed by atoms with van der Waals surface area (Å²) in [4.78, 5) is 0.233. The maximum Gasteiger partial charge on any atom is 0.208 e. The van der Waals surface area contributed by atoms with Gasteiger partial charge >= 0.3 is 0 Å². The summed E-state index contributed by atoms with van der Waals surface area (Å²) in [6.07, 6.45) is 0. The Kier molecular flexibility index (Phi) is 3.00. The van der Waals surface area contributed by atoms with Gasteiger partial charge in [0.15, 0.2) is 0 Å². The first-order valence-corrected chi connectivity index (χ1v) is 6.80. The number of rotatable bonds is 2. The molecule has 2 aromatic rings. The molecule has 18 heavy (non-hydrogen) atoms. The fraction of sp³-hybridized carbons (Fsp3) is 0.0769. The predicted molar refractivity (Wildman–Crippen MR) is 69.2 cm³/mol. The highest BCUT2D eigenvalue weighted by molar-refractivity contribution is 7.91. The van der Waals surface area contributed by atoms with Crippen LogP contribution in [0.1, 0.15) is 5.56 Å². The third-order valence-corrected chi connectivity index (χ3v) is 4.65. The van der Waals surface area contributed by atoms with Gasteiger partial charge in [0.1, 0.15) is 5.75 Å². The number of nitrogen functional groups attached to an aromatic ring is 1. The molecule has 0 fully saturated rings. The van der Waals surface area contributed by atoms with Crippen molar-refractivity contribution in [3.8, 4) is 5.75 Å². The Morgan fingerprint density at radius 3 is 2.33 bits per heavy atom. The van der Waals surface area contributed by atoms with Crippen molar-refractivity contribution in [2.75, 3.05) is 5.73 Å². The van der Waals surface area contributed by atoms with Gasteiger partial charge in [-0.2, -0.15) is 0 Å². The van der Waals surface area contributed by atoms with Crippen LogP contribution in [0.3, 0.4) is 0 Å². The molecule has 3 N–H and O–H groups in total. The van der Waals surface area contributed by atoms with Crippen molar-refractivity contribution < 1.29 is 13.5 Å². The van der Waals surface area contributed by atoms with Crippen molar-refractivity contribution in [3.05, 3.63) is 48.0 Å². The summed E-state index contributed by atoms with van der Waals surface area (Å²) in [6, 6.07) is 10.5. The maximum atomic E-state index is 12.4. The number of nitrogens with two attached hydrogens (primary N) is 1. The van der Waals surface area contributed by atoms with E-state index in [0.29, 0.717) is 5.56 Å². The number of benzene rings is 2. The van der Waals surface area contributed by atoms with Crippen molar-refractivity contribution in [1.82, 2.24) is 0 Å². The molecule has 5 heteroatoms. The van der Waals surface area contributed by atoms with Crippen LogP contribution in [-0.4, -0.2) is 13.5 Å². The minimum Gasteiger partial charge on any atom is -0.508 e. The van der Waals surface area contributed by atoms with Crippen LogP contribution >= 0.6 is 0 Å². The molecule has 0 unspecified atom stereocenters. The largest absolute Gasteiger partial charge is 0.508 e. The standard InChI is InChI=1S/C13H13NO3S/c1-9-4-2-3-5-12(9)18(16,17)13-7-6-10(15)8-11(13)14/h2-8,15H,14H2,1H3. The fourth-order valence-corrected chi connectivity index (χ4v) is 3.36. The quantitative estimate of drug-likeness (QED) is 0.813. The monoisotopic (exact) mass is 263 g/mol. The summed E-state index contributed by atoms with van der Waals surface area (Å²) < 4.78 is 24.9. The van der Waals surface area contributed by atoms with E-state index in [-0.39, 0.29) is 21.2 Å². The molecule has 4 nitrogen and oxygen atoms in total. The van der Waals surface area contributed by atoms with E-state index in [1.807, 2.05) is 0 Å². The van der Waals surface area contributed by atoms with Gasteiger partial charge in [-0.3, -0.25) is 0 Å². The Morgan fingerprint density at radius 2 is 1.72 bits per heavy atom. The number of phenolic OH excluding ortho intramolecular Hbond substituents is 1. The third kappa shape index (κ3) is 2.04. The summed E-state index contributed by atoms with van der Waals surface area (Å²) in [5, 5.41) is 9.25. The van der Waals surface area contributed by atoms with Crippen LogP contribution in [0.4, 0.5) is 5.69 Å². The zero-order chi connectivity index (χ0) is 13.3. The number of anilines is 1. The molecule has 0 heterocycles. The first kappa shape index (κ1) is 12.4. The van der Waals surface area contributed by atoms with Gasteiger partial charge in [0.25, 0.3) is 0 Å². The zero-order valence-corrected chi connectivity index (χ0v) is 10.6. The summed E-state index contributed by atoms with van der Waals surface area (Å²) in [5.41, 5.74) is 6.35. The van der Waals surface area contributed by atoms with E-state index in [4.69, 9.17) is 5.73 Å². The second kappa shape index (κ2) is 4.34. The second-order valence-corrected chi connectivity index (χ2v) is 5.88. The molecule has 0 spiro atoms. The van der Waals surface area contributed by atoms with Crippen molar-refractivity contribution in [3.63, 3.8) is 0 Å². The normalized spacial score (nSPS) is 11.4. The second-order valence-electron chi connectivity index (χ2n) is 3.99. The molecule has 0 aromatic heterocycles. The summed E-state index contributed by atoms with van der Waals surface area (Å²) >= 11 is 0. The number of phenols is 1. The zero-order valence-electron chi connectivity index (χ0n) is 9.79. The molecule has 2 aromatic carbocycles. The highest BCUT2D eigenvalue weighted by Gasteiger charge is 2.22. The topological polar surface area (TPSA) is 80.4 Å². The predicted octanol–water partition coefficient (Wildman–Crippen LogP) is 2.12. The first-order chi connectivity index (χ1) is 8.43. The molecule has 0 amide bonds. The molecule has 0 saturated heterocycles. The SMILES string of the molecule is Cc1ccccc1S(=O)(=O)c1ccc(O)cc1N. The van der Waals surface area contributed by atoms with Gasteiger partial charge in [-0.05, 0) is 30.7 Å². The molecule has 2 rings (SSSR count). The van der Waals surface area contributed by atoms with E-state index in [1.165, 1.54) is 24.3 Å². The van der Waals surface area contributed by atoms with Gasteiger partial charge in [-0.25, -0.2) is 8.42 Å². The van der Waals surface area contributed by atoms with Crippen LogP contribution in [0.2, 0.25) is 0 Å². The van der Waals surface area contributed by atoms with E-state index < -0.39 is 9.84 Å². The summed E-state index contributed by atoms with van der Waals surface area (Å²) in [6.45, 7) is 1.73.